The fourth-order valence-electron chi connectivity index (χ4n) is 2.34. The van der Waals surface area contributed by atoms with Gasteiger partial charge in [0.05, 0.1) is 0 Å². The van der Waals surface area contributed by atoms with E-state index >= 15 is 0 Å². The molecule has 0 atom stereocenters. The number of carbonyl (C=O) groups excluding carboxylic acids is 1. The Balaban J connectivity index is 1.97. The molecule has 0 radical (unpaired) electrons. The number of anilines is 1. The van der Waals surface area contributed by atoms with Crippen molar-refractivity contribution in [2.75, 3.05) is 5.32 Å². The first-order chi connectivity index (χ1) is 10.2. The van der Waals surface area contributed by atoms with Crippen LogP contribution in [0.4, 0.5) is 5.82 Å². The van der Waals surface area contributed by atoms with Gasteiger partial charge in [0.2, 0.25) is 5.91 Å². The van der Waals surface area contributed by atoms with Crippen molar-refractivity contribution >= 4 is 11.7 Å². The van der Waals surface area contributed by atoms with Gasteiger partial charge in [0.15, 0.2) is 0 Å². The van der Waals surface area contributed by atoms with Gasteiger partial charge >= 0.3 is 0 Å². The molecule has 0 aliphatic carbocycles. The number of carbonyl (C=O) groups is 1. The molecule has 0 aromatic carbocycles. The minimum absolute atomic E-state index is 0.0781. The fraction of sp³-hybridized carbons (Fsp3) is 0.667. The van der Waals surface area contributed by atoms with Gasteiger partial charge in [0.25, 0.3) is 0 Å². The molecule has 0 unspecified atom stereocenters. The Bertz CT molecular complexity index is 387. The maximum absolute atomic E-state index is 11.8. The first-order valence-electron chi connectivity index (χ1n) is 8.45. The second-order valence-electron chi connectivity index (χ2n) is 5.85. The quantitative estimate of drug-likeness (QED) is 0.565. The summed E-state index contributed by atoms with van der Waals surface area (Å²) in [6, 6.07) is 3.81. The molecule has 1 aromatic rings. The lowest BCUT2D eigenvalue weighted by atomic mass is 10.1. The van der Waals surface area contributed by atoms with Crippen LogP contribution in [-0.4, -0.2) is 10.9 Å². The van der Waals surface area contributed by atoms with E-state index in [4.69, 9.17) is 0 Å². The molecule has 3 nitrogen and oxygen atoms in total. The lowest BCUT2D eigenvalue weighted by molar-refractivity contribution is -0.116. The number of hydrogen-bond donors (Lipinski definition) is 1. The van der Waals surface area contributed by atoms with Gasteiger partial charge in [-0.2, -0.15) is 0 Å². The van der Waals surface area contributed by atoms with Crippen molar-refractivity contribution in [2.45, 2.75) is 78.1 Å². The van der Waals surface area contributed by atoms with Gasteiger partial charge in [-0.15, -0.1) is 0 Å². The Kier molecular flexibility index (Phi) is 9.51. The predicted molar refractivity (Wildman–Crippen MR) is 89.4 cm³/mol. The van der Waals surface area contributed by atoms with E-state index in [1.807, 2.05) is 19.1 Å². The molecule has 0 spiro atoms. The van der Waals surface area contributed by atoms with Crippen molar-refractivity contribution < 1.29 is 4.79 Å². The minimum atomic E-state index is 0.0781. The summed E-state index contributed by atoms with van der Waals surface area (Å²) in [5, 5.41) is 2.84. The number of nitrogens with zero attached hydrogens (tertiary/aromatic N) is 1. The van der Waals surface area contributed by atoms with Crippen LogP contribution >= 0.6 is 0 Å². The van der Waals surface area contributed by atoms with Crippen LogP contribution in [0.1, 0.15) is 76.7 Å². The van der Waals surface area contributed by atoms with Gasteiger partial charge in [0, 0.05) is 12.6 Å². The molecule has 0 fully saturated rings. The third-order valence-electron chi connectivity index (χ3n) is 3.69. The number of aryl methyl sites for hydroxylation is 1. The lowest BCUT2D eigenvalue weighted by Crippen LogP contribution is -2.12. The summed E-state index contributed by atoms with van der Waals surface area (Å²) >= 11 is 0. The van der Waals surface area contributed by atoms with Crippen molar-refractivity contribution in [2.24, 2.45) is 0 Å². The number of rotatable bonds is 11. The van der Waals surface area contributed by atoms with Crippen LogP contribution in [0.3, 0.4) is 0 Å². The SMILES string of the molecule is CCCCCCCCCCCC(=O)Nc1ccc(C)cn1. The topological polar surface area (TPSA) is 42.0 Å². The largest absolute Gasteiger partial charge is 0.311 e. The summed E-state index contributed by atoms with van der Waals surface area (Å²) in [4.78, 5) is 15.9. The molecular weight excluding hydrogens is 260 g/mol. The standard InChI is InChI=1S/C18H30N2O/c1-3-4-5-6-7-8-9-10-11-12-18(21)20-17-14-13-16(2)15-19-17/h13-15H,3-12H2,1-2H3,(H,19,20,21). The molecule has 1 aromatic heterocycles. The number of amides is 1. The van der Waals surface area contributed by atoms with Crippen LogP contribution in [0, 0.1) is 6.92 Å². The zero-order valence-corrected chi connectivity index (χ0v) is 13.7. The highest BCUT2D eigenvalue weighted by Crippen LogP contribution is 2.11. The van der Waals surface area contributed by atoms with E-state index in [9.17, 15) is 4.79 Å². The molecule has 0 bridgehead atoms. The molecule has 118 valence electrons. The zero-order chi connectivity index (χ0) is 15.3. The second-order valence-corrected chi connectivity index (χ2v) is 5.85. The van der Waals surface area contributed by atoms with Gasteiger partial charge in [-0.25, -0.2) is 4.98 Å². The fourth-order valence-corrected chi connectivity index (χ4v) is 2.34. The molecule has 0 saturated heterocycles. The summed E-state index contributed by atoms with van der Waals surface area (Å²) < 4.78 is 0. The highest BCUT2D eigenvalue weighted by atomic mass is 16.1. The molecular formula is C18H30N2O. The van der Waals surface area contributed by atoms with E-state index in [1.165, 1.54) is 44.9 Å². The van der Waals surface area contributed by atoms with Crippen molar-refractivity contribution in [3.05, 3.63) is 23.9 Å². The average molecular weight is 290 g/mol. The van der Waals surface area contributed by atoms with Crippen LogP contribution < -0.4 is 5.32 Å². The Labute approximate surface area is 129 Å². The summed E-state index contributed by atoms with van der Waals surface area (Å²) in [7, 11) is 0. The van der Waals surface area contributed by atoms with E-state index in [-0.39, 0.29) is 5.91 Å². The van der Waals surface area contributed by atoms with Gasteiger partial charge in [-0.1, -0.05) is 64.4 Å². The molecule has 0 saturated carbocycles. The number of nitrogens with one attached hydrogen (secondary N) is 1. The molecule has 21 heavy (non-hydrogen) atoms. The van der Waals surface area contributed by atoms with Crippen LogP contribution in [0.25, 0.3) is 0 Å². The average Bonchev–Trinajstić information content (AvgIpc) is 2.48. The van der Waals surface area contributed by atoms with Gasteiger partial charge in [-0.05, 0) is 25.0 Å². The maximum Gasteiger partial charge on any atom is 0.225 e. The number of aromatic nitrogens is 1. The normalized spacial score (nSPS) is 10.6. The molecule has 1 rings (SSSR count). The molecule has 1 heterocycles. The van der Waals surface area contributed by atoms with Crippen LogP contribution in [0.2, 0.25) is 0 Å². The predicted octanol–water partition coefficient (Wildman–Crippen LogP) is 5.25. The first-order valence-corrected chi connectivity index (χ1v) is 8.45. The van der Waals surface area contributed by atoms with Crippen LogP contribution in [0.15, 0.2) is 18.3 Å². The number of pyridine rings is 1. The van der Waals surface area contributed by atoms with Gasteiger partial charge in [0.1, 0.15) is 5.82 Å². The Morgan fingerprint density at radius 3 is 2.19 bits per heavy atom. The van der Waals surface area contributed by atoms with Gasteiger partial charge in [-0.3, -0.25) is 4.79 Å². The van der Waals surface area contributed by atoms with E-state index < -0.39 is 0 Å². The molecule has 1 amide bonds. The summed E-state index contributed by atoms with van der Waals surface area (Å²) in [6.07, 6.45) is 13.8. The molecule has 0 aliphatic heterocycles. The minimum Gasteiger partial charge on any atom is -0.311 e. The summed E-state index contributed by atoms with van der Waals surface area (Å²) in [5.41, 5.74) is 1.10. The van der Waals surface area contributed by atoms with Crippen molar-refractivity contribution in [3.63, 3.8) is 0 Å². The van der Waals surface area contributed by atoms with E-state index in [0.29, 0.717) is 12.2 Å². The summed E-state index contributed by atoms with van der Waals surface area (Å²) in [5.74, 6) is 0.732. The highest BCUT2D eigenvalue weighted by molar-refractivity contribution is 5.89. The third-order valence-corrected chi connectivity index (χ3v) is 3.69. The summed E-state index contributed by atoms with van der Waals surface area (Å²) in [6.45, 7) is 4.23. The van der Waals surface area contributed by atoms with Crippen LogP contribution in [-0.2, 0) is 4.79 Å². The molecule has 1 N–H and O–H groups in total. The maximum atomic E-state index is 11.8. The van der Waals surface area contributed by atoms with Crippen molar-refractivity contribution in [1.29, 1.82) is 0 Å². The highest BCUT2D eigenvalue weighted by Gasteiger charge is 2.02. The third kappa shape index (κ3) is 9.22. The molecule has 3 heteroatoms. The van der Waals surface area contributed by atoms with E-state index in [0.717, 1.165) is 18.4 Å². The molecule has 0 aliphatic rings. The lowest BCUT2D eigenvalue weighted by Gasteiger charge is -2.05. The van der Waals surface area contributed by atoms with Crippen molar-refractivity contribution in [3.8, 4) is 0 Å². The number of unbranched alkanes of at least 4 members (excludes halogenated alkanes) is 8. The van der Waals surface area contributed by atoms with E-state index in [2.05, 4.69) is 17.2 Å². The number of hydrogen-bond acceptors (Lipinski definition) is 2. The van der Waals surface area contributed by atoms with Gasteiger partial charge < -0.3 is 5.32 Å². The second kappa shape index (κ2) is 11.3. The van der Waals surface area contributed by atoms with Crippen molar-refractivity contribution in [1.82, 2.24) is 4.98 Å². The monoisotopic (exact) mass is 290 g/mol. The Hall–Kier alpha value is -1.38. The smallest absolute Gasteiger partial charge is 0.225 e. The zero-order valence-electron chi connectivity index (χ0n) is 13.7. The Morgan fingerprint density at radius 2 is 1.62 bits per heavy atom. The van der Waals surface area contributed by atoms with Crippen LogP contribution in [0.5, 0.6) is 0 Å². The first kappa shape index (κ1) is 17.7. The van der Waals surface area contributed by atoms with E-state index in [1.54, 1.807) is 6.20 Å². The Morgan fingerprint density at radius 1 is 1.00 bits per heavy atom.